The van der Waals surface area contributed by atoms with Crippen molar-refractivity contribution in [2.75, 3.05) is 13.1 Å². The van der Waals surface area contributed by atoms with Gasteiger partial charge in [0.05, 0.1) is 5.92 Å². The fourth-order valence-electron chi connectivity index (χ4n) is 2.23. The lowest BCUT2D eigenvalue weighted by molar-refractivity contribution is -0.147. The molecule has 1 saturated heterocycles. The first-order chi connectivity index (χ1) is 9.19. The maximum Gasteiger partial charge on any atom is 0.329 e. The Morgan fingerprint density at radius 1 is 1.50 bits per heavy atom. The summed E-state index contributed by atoms with van der Waals surface area (Å²) >= 11 is 0. The molecular formula is C14H24N2O4. The van der Waals surface area contributed by atoms with E-state index in [4.69, 9.17) is 5.11 Å². The van der Waals surface area contributed by atoms with Crippen molar-refractivity contribution >= 4 is 17.8 Å². The SMILES string of the molecule is CCC(C)(NC(=O)C1CC(=O)N(CC(C)C)C1)C(=O)O. The minimum absolute atomic E-state index is 0.0348. The number of nitrogens with one attached hydrogen (secondary N) is 1. The van der Waals surface area contributed by atoms with E-state index in [2.05, 4.69) is 5.32 Å². The van der Waals surface area contributed by atoms with Crippen molar-refractivity contribution in [1.82, 2.24) is 10.2 Å². The fraction of sp³-hybridized carbons (Fsp3) is 0.786. The van der Waals surface area contributed by atoms with E-state index in [9.17, 15) is 14.4 Å². The molecule has 2 amide bonds. The molecule has 2 N–H and O–H groups in total. The summed E-state index contributed by atoms with van der Waals surface area (Å²) in [5.41, 5.74) is -1.27. The Morgan fingerprint density at radius 3 is 2.55 bits per heavy atom. The molecule has 0 radical (unpaired) electrons. The predicted molar refractivity (Wildman–Crippen MR) is 74.0 cm³/mol. The van der Waals surface area contributed by atoms with E-state index in [-0.39, 0.29) is 18.2 Å². The molecule has 114 valence electrons. The van der Waals surface area contributed by atoms with E-state index >= 15 is 0 Å². The van der Waals surface area contributed by atoms with Gasteiger partial charge in [-0.15, -0.1) is 0 Å². The number of aliphatic carboxylic acids is 1. The highest BCUT2D eigenvalue weighted by Crippen LogP contribution is 2.21. The van der Waals surface area contributed by atoms with E-state index < -0.39 is 17.4 Å². The zero-order valence-electron chi connectivity index (χ0n) is 12.6. The van der Waals surface area contributed by atoms with Crippen LogP contribution < -0.4 is 5.32 Å². The molecule has 1 aliphatic rings. The normalized spacial score (nSPS) is 21.9. The van der Waals surface area contributed by atoms with Gasteiger partial charge in [-0.3, -0.25) is 9.59 Å². The summed E-state index contributed by atoms with van der Waals surface area (Å²) in [6, 6.07) is 0. The maximum absolute atomic E-state index is 12.1. The van der Waals surface area contributed by atoms with E-state index in [1.54, 1.807) is 11.8 Å². The molecule has 2 atom stereocenters. The number of carboxylic acid groups (broad SMARTS) is 1. The monoisotopic (exact) mass is 284 g/mol. The Balaban J connectivity index is 2.66. The summed E-state index contributed by atoms with van der Waals surface area (Å²) in [5, 5.41) is 11.7. The number of carbonyl (C=O) groups is 3. The van der Waals surface area contributed by atoms with Crippen LogP contribution in [0.1, 0.15) is 40.5 Å². The number of carboxylic acids is 1. The average molecular weight is 284 g/mol. The summed E-state index contributed by atoms with van der Waals surface area (Å²) in [6.45, 7) is 8.22. The zero-order valence-corrected chi connectivity index (χ0v) is 12.6. The molecule has 0 saturated carbocycles. The van der Waals surface area contributed by atoms with Gasteiger partial charge in [-0.25, -0.2) is 4.79 Å². The molecule has 2 unspecified atom stereocenters. The van der Waals surface area contributed by atoms with Gasteiger partial charge in [0.2, 0.25) is 11.8 Å². The first-order valence-corrected chi connectivity index (χ1v) is 7.02. The minimum Gasteiger partial charge on any atom is -0.480 e. The molecule has 1 rings (SSSR count). The summed E-state index contributed by atoms with van der Waals surface area (Å²) in [6.07, 6.45) is 0.461. The quantitative estimate of drug-likeness (QED) is 0.757. The lowest BCUT2D eigenvalue weighted by atomic mass is 9.97. The van der Waals surface area contributed by atoms with Gasteiger partial charge in [0.15, 0.2) is 0 Å². The Bertz CT molecular complexity index is 408. The third-order valence-electron chi connectivity index (χ3n) is 3.75. The van der Waals surface area contributed by atoms with Crippen LogP contribution in [0, 0.1) is 11.8 Å². The molecular weight excluding hydrogens is 260 g/mol. The summed E-state index contributed by atoms with van der Waals surface area (Å²) in [7, 11) is 0. The zero-order chi connectivity index (χ0) is 15.5. The standard InChI is InChI=1S/C14H24N2O4/c1-5-14(4,13(19)20)15-12(18)10-6-11(17)16(8-10)7-9(2)3/h9-10H,5-8H2,1-4H3,(H,15,18)(H,19,20). The molecule has 6 heteroatoms. The molecule has 0 spiro atoms. The Hall–Kier alpha value is -1.59. The van der Waals surface area contributed by atoms with E-state index in [0.717, 1.165) is 0 Å². The van der Waals surface area contributed by atoms with E-state index in [1.165, 1.54) is 6.92 Å². The third-order valence-corrected chi connectivity index (χ3v) is 3.75. The van der Waals surface area contributed by atoms with Gasteiger partial charge in [-0.1, -0.05) is 20.8 Å². The van der Waals surface area contributed by atoms with Crippen LogP contribution in [-0.2, 0) is 14.4 Å². The van der Waals surface area contributed by atoms with Crippen molar-refractivity contribution in [3.63, 3.8) is 0 Å². The summed E-state index contributed by atoms with van der Waals surface area (Å²) in [5.74, 6) is -1.55. The van der Waals surface area contributed by atoms with Crippen LogP contribution in [0.25, 0.3) is 0 Å². The highest BCUT2D eigenvalue weighted by molar-refractivity contribution is 5.92. The van der Waals surface area contributed by atoms with Crippen LogP contribution in [0.2, 0.25) is 0 Å². The molecule has 0 aromatic carbocycles. The van der Waals surface area contributed by atoms with Gasteiger partial charge in [-0.05, 0) is 19.3 Å². The predicted octanol–water partition coefficient (Wildman–Crippen LogP) is 0.860. The van der Waals surface area contributed by atoms with Crippen molar-refractivity contribution < 1.29 is 19.5 Å². The third kappa shape index (κ3) is 3.71. The fourth-order valence-corrected chi connectivity index (χ4v) is 2.23. The highest BCUT2D eigenvalue weighted by Gasteiger charge is 2.39. The Labute approximate surface area is 119 Å². The lowest BCUT2D eigenvalue weighted by Crippen LogP contribution is -2.53. The highest BCUT2D eigenvalue weighted by atomic mass is 16.4. The number of hydrogen-bond acceptors (Lipinski definition) is 3. The number of amides is 2. The molecule has 1 aliphatic heterocycles. The minimum atomic E-state index is -1.27. The van der Waals surface area contributed by atoms with Crippen LogP contribution in [0.5, 0.6) is 0 Å². The second-order valence-corrected chi connectivity index (χ2v) is 6.07. The number of rotatable bonds is 6. The van der Waals surface area contributed by atoms with Crippen LogP contribution in [0.4, 0.5) is 0 Å². The van der Waals surface area contributed by atoms with E-state index in [1.807, 2.05) is 13.8 Å². The summed E-state index contributed by atoms with van der Waals surface area (Å²) in [4.78, 5) is 36.8. The largest absolute Gasteiger partial charge is 0.480 e. The van der Waals surface area contributed by atoms with Gasteiger partial charge < -0.3 is 15.3 Å². The number of carbonyl (C=O) groups excluding carboxylic acids is 2. The van der Waals surface area contributed by atoms with Crippen LogP contribution in [0.15, 0.2) is 0 Å². The first-order valence-electron chi connectivity index (χ1n) is 7.02. The smallest absolute Gasteiger partial charge is 0.329 e. The molecule has 1 heterocycles. The van der Waals surface area contributed by atoms with Crippen molar-refractivity contribution in [3.8, 4) is 0 Å². The van der Waals surface area contributed by atoms with Crippen molar-refractivity contribution in [2.45, 2.75) is 46.1 Å². The maximum atomic E-state index is 12.1. The molecule has 0 aromatic heterocycles. The van der Waals surface area contributed by atoms with Crippen molar-refractivity contribution in [1.29, 1.82) is 0 Å². The Kier molecular flexibility index (Phi) is 5.14. The first kappa shape index (κ1) is 16.5. The molecule has 0 bridgehead atoms. The average Bonchev–Trinajstić information content (AvgIpc) is 2.69. The molecule has 0 aromatic rings. The molecule has 6 nitrogen and oxygen atoms in total. The molecule has 0 aliphatic carbocycles. The van der Waals surface area contributed by atoms with Crippen LogP contribution >= 0.6 is 0 Å². The summed E-state index contributed by atoms with van der Waals surface area (Å²) < 4.78 is 0. The van der Waals surface area contributed by atoms with Gasteiger partial charge in [0, 0.05) is 19.5 Å². The van der Waals surface area contributed by atoms with Gasteiger partial charge in [-0.2, -0.15) is 0 Å². The van der Waals surface area contributed by atoms with Crippen molar-refractivity contribution in [2.24, 2.45) is 11.8 Å². The van der Waals surface area contributed by atoms with E-state index in [0.29, 0.717) is 25.4 Å². The van der Waals surface area contributed by atoms with Gasteiger partial charge in [0.1, 0.15) is 5.54 Å². The van der Waals surface area contributed by atoms with Crippen molar-refractivity contribution in [3.05, 3.63) is 0 Å². The number of hydrogen-bond donors (Lipinski definition) is 2. The van der Waals surface area contributed by atoms with Gasteiger partial charge >= 0.3 is 5.97 Å². The van der Waals surface area contributed by atoms with Gasteiger partial charge in [0.25, 0.3) is 0 Å². The van der Waals surface area contributed by atoms with Crippen LogP contribution in [-0.4, -0.2) is 46.4 Å². The molecule has 20 heavy (non-hydrogen) atoms. The van der Waals surface area contributed by atoms with Crippen LogP contribution in [0.3, 0.4) is 0 Å². The number of nitrogens with zero attached hydrogens (tertiary/aromatic N) is 1. The second-order valence-electron chi connectivity index (χ2n) is 6.07. The second kappa shape index (κ2) is 6.24. The molecule has 1 fully saturated rings. The topological polar surface area (TPSA) is 86.7 Å². The Morgan fingerprint density at radius 2 is 2.10 bits per heavy atom. The lowest BCUT2D eigenvalue weighted by Gasteiger charge is -2.26. The number of likely N-dealkylation sites (tertiary alicyclic amines) is 1.